The molecule has 0 aromatic rings. The fourth-order valence-electron chi connectivity index (χ4n) is 1.53. The van der Waals surface area contributed by atoms with E-state index in [-0.39, 0.29) is 17.9 Å². The molecule has 14 heavy (non-hydrogen) atoms. The Morgan fingerprint density at radius 1 is 1.64 bits per heavy atom. The summed E-state index contributed by atoms with van der Waals surface area (Å²) >= 11 is 4.83. The lowest BCUT2D eigenvalue weighted by atomic mass is 9.84. The molecule has 4 heteroatoms. The van der Waals surface area contributed by atoms with Crippen LogP contribution in [0.5, 0.6) is 0 Å². The zero-order chi connectivity index (χ0) is 10.6. The van der Waals surface area contributed by atoms with Gasteiger partial charge in [0.1, 0.15) is 0 Å². The Hall–Kier alpha value is -0.640. The largest absolute Gasteiger partial charge is 0.393 e. The van der Waals surface area contributed by atoms with Crippen LogP contribution in [0.25, 0.3) is 0 Å². The summed E-state index contributed by atoms with van der Waals surface area (Å²) in [7, 11) is 0. The topological polar surface area (TPSA) is 55.1 Å². The summed E-state index contributed by atoms with van der Waals surface area (Å²) in [6.07, 6.45) is 4.76. The maximum atomic E-state index is 11.6. The molecule has 0 bridgehead atoms. The van der Waals surface area contributed by atoms with E-state index < -0.39 is 0 Å². The van der Waals surface area contributed by atoms with Crippen LogP contribution in [-0.4, -0.2) is 16.9 Å². The Morgan fingerprint density at radius 2 is 2.29 bits per heavy atom. The van der Waals surface area contributed by atoms with Gasteiger partial charge in [0.15, 0.2) is 0 Å². The number of rotatable bonds is 5. The van der Waals surface area contributed by atoms with E-state index in [1.165, 1.54) is 6.42 Å². The van der Waals surface area contributed by atoms with Crippen LogP contribution in [0.1, 0.15) is 39.0 Å². The van der Waals surface area contributed by atoms with Gasteiger partial charge < -0.3 is 11.1 Å². The van der Waals surface area contributed by atoms with Gasteiger partial charge in [-0.3, -0.25) is 4.79 Å². The fourth-order valence-corrected chi connectivity index (χ4v) is 1.73. The van der Waals surface area contributed by atoms with Crippen LogP contribution in [0.4, 0.5) is 0 Å². The van der Waals surface area contributed by atoms with Crippen molar-refractivity contribution in [1.82, 2.24) is 5.32 Å². The van der Waals surface area contributed by atoms with Crippen molar-refractivity contribution < 1.29 is 4.79 Å². The minimum atomic E-state index is 0.126. The molecule has 1 unspecified atom stereocenters. The molecule has 1 rings (SSSR count). The number of hydrogen-bond acceptors (Lipinski definition) is 2. The minimum Gasteiger partial charge on any atom is -0.393 e. The standard InChI is InChI=1S/C10H18N2OS/c1-2-8(6-9(11)14)12-10(13)7-4-3-5-7/h7-8H,2-6H2,1H3,(H2,11,14)(H,12,13). The quantitative estimate of drug-likeness (QED) is 0.679. The molecule has 1 atom stereocenters. The van der Waals surface area contributed by atoms with E-state index in [9.17, 15) is 4.79 Å². The van der Waals surface area contributed by atoms with Gasteiger partial charge in [-0.15, -0.1) is 0 Å². The number of nitrogens with one attached hydrogen (secondary N) is 1. The highest BCUT2D eigenvalue weighted by Gasteiger charge is 2.26. The Labute approximate surface area is 90.4 Å². The van der Waals surface area contributed by atoms with Crippen LogP contribution >= 0.6 is 12.2 Å². The van der Waals surface area contributed by atoms with E-state index in [2.05, 4.69) is 5.32 Å². The average Bonchev–Trinajstić information content (AvgIpc) is 1.98. The van der Waals surface area contributed by atoms with Crippen molar-refractivity contribution in [3.8, 4) is 0 Å². The average molecular weight is 214 g/mol. The van der Waals surface area contributed by atoms with E-state index in [0.717, 1.165) is 19.3 Å². The van der Waals surface area contributed by atoms with Crippen molar-refractivity contribution in [2.24, 2.45) is 11.7 Å². The second-order valence-electron chi connectivity index (χ2n) is 3.91. The minimum absolute atomic E-state index is 0.126. The summed E-state index contributed by atoms with van der Waals surface area (Å²) in [5.41, 5.74) is 5.45. The van der Waals surface area contributed by atoms with Gasteiger partial charge in [0.25, 0.3) is 0 Å². The second-order valence-corrected chi connectivity index (χ2v) is 4.44. The smallest absolute Gasteiger partial charge is 0.223 e. The molecule has 1 fully saturated rings. The molecular formula is C10H18N2OS. The van der Waals surface area contributed by atoms with Crippen molar-refractivity contribution >= 4 is 23.1 Å². The number of hydrogen-bond donors (Lipinski definition) is 2. The summed E-state index contributed by atoms with van der Waals surface area (Å²) in [6, 6.07) is 0.126. The first-order chi connectivity index (χ1) is 6.63. The maximum absolute atomic E-state index is 11.6. The fraction of sp³-hybridized carbons (Fsp3) is 0.800. The van der Waals surface area contributed by atoms with Crippen LogP contribution in [0.15, 0.2) is 0 Å². The number of nitrogens with two attached hydrogens (primary N) is 1. The van der Waals surface area contributed by atoms with Gasteiger partial charge in [-0.2, -0.15) is 0 Å². The summed E-state index contributed by atoms with van der Waals surface area (Å²) in [5.74, 6) is 0.426. The number of amides is 1. The van der Waals surface area contributed by atoms with Crippen LogP contribution < -0.4 is 11.1 Å². The highest BCUT2D eigenvalue weighted by atomic mass is 32.1. The number of thiocarbonyl (C=S) groups is 1. The third-order valence-electron chi connectivity index (χ3n) is 2.76. The van der Waals surface area contributed by atoms with Crippen LogP contribution in [0.3, 0.4) is 0 Å². The van der Waals surface area contributed by atoms with Crippen molar-refractivity contribution in [2.75, 3.05) is 0 Å². The van der Waals surface area contributed by atoms with Gasteiger partial charge >= 0.3 is 0 Å². The molecule has 1 saturated carbocycles. The Kier molecular flexibility index (Phi) is 4.32. The molecule has 0 saturated heterocycles. The van der Waals surface area contributed by atoms with Crippen molar-refractivity contribution in [2.45, 2.75) is 45.1 Å². The highest BCUT2D eigenvalue weighted by Crippen LogP contribution is 2.26. The molecule has 0 spiro atoms. The molecule has 1 aliphatic carbocycles. The number of carbonyl (C=O) groups is 1. The molecule has 0 aromatic carbocycles. The van der Waals surface area contributed by atoms with Gasteiger partial charge in [0, 0.05) is 18.4 Å². The summed E-state index contributed by atoms with van der Waals surface area (Å²) in [6.45, 7) is 2.03. The summed E-state index contributed by atoms with van der Waals surface area (Å²) in [5, 5.41) is 2.99. The maximum Gasteiger partial charge on any atom is 0.223 e. The first-order valence-electron chi connectivity index (χ1n) is 5.22. The van der Waals surface area contributed by atoms with E-state index in [1.54, 1.807) is 0 Å². The SMILES string of the molecule is CCC(CC(N)=S)NC(=O)C1CCC1. The van der Waals surface area contributed by atoms with Crippen molar-refractivity contribution in [3.05, 3.63) is 0 Å². The number of carbonyl (C=O) groups excluding carboxylic acids is 1. The molecule has 3 N–H and O–H groups in total. The molecule has 0 heterocycles. The summed E-state index contributed by atoms with van der Waals surface area (Å²) < 4.78 is 0. The first-order valence-corrected chi connectivity index (χ1v) is 5.63. The zero-order valence-corrected chi connectivity index (χ0v) is 9.40. The van der Waals surface area contributed by atoms with E-state index >= 15 is 0 Å². The lowest BCUT2D eigenvalue weighted by Gasteiger charge is -2.26. The zero-order valence-electron chi connectivity index (χ0n) is 8.58. The Morgan fingerprint density at radius 3 is 2.64 bits per heavy atom. The lowest BCUT2D eigenvalue weighted by Crippen LogP contribution is -2.42. The predicted molar refractivity (Wildman–Crippen MR) is 61.0 cm³/mol. The van der Waals surface area contributed by atoms with Crippen LogP contribution in [0, 0.1) is 5.92 Å². The van der Waals surface area contributed by atoms with E-state index in [4.69, 9.17) is 18.0 Å². The first kappa shape index (κ1) is 11.4. The predicted octanol–water partition coefficient (Wildman–Crippen LogP) is 1.36. The third kappa shape index (κ3) is 3.25. The molecule has 0 aromatic heterocycles. The summed E-state index contributed by atoms with van der Waals surface area (Å²) in [4.78, 5) is 12.1. The molecule has 1 aliphatic rings. The molecular weight excluding hydrogens is 196 g/mol. The Balaban J connectivity index is 2.31. The Bertz CT molecular complexity index is 226. The van der Waals surface area contributed by atoms with Gasteiger partial charge in [-0.1, -0.05) is 25.6 Å². The van der Waals surface area contributed by atoms with Crippen LogP contribution in [0.2, 0.25) is 0 Å². The van der Waals surface area contributed by atoms with Gasteiger partial charge in [-0.25, -0.2) is 0 Å². The molecule has 0 aliphatic heterocycles. The highest BCUT2D eigenvalue weighted by molar-refractivity contribution is 7.80. The van der Waals surface area contributed by atoms with E-state index in [1.807, 2.05) is 6.92 Å². The van der Waals surface area contributed by atoms with E-state index in [0.29, 0.717) is 11.4 Å². The van der Waals surface area contributed by atoms with Crippen molar-refractivity contribution in [3.63, 3.8) is 0 Å². The second kappa shape index (κ2) is 5.29. The molecule has 0 radical (unpaired) electrons. The molecule has 3 nitrogen and oxygen atoms in total. The lowest BCUT2D eigenvalue weighted by molar-refractivity contribution is -0.128. The van der Waals surface area contributed by atoms with Gasteiger partial charge in [0.05, 0.1) is 4.99 Å². The van der Waals surface area contributed by atoms with Gasteiger partial charge in [-0.05, 0) is 19.3 Å². The van der Waals surface area contributed by atoms with Gasteiger partial charge in [0.2, 0.25) is 5.91 Å². The monoisotopic (exact) mass is 214 g/mol. The molecule has 1 amide bonds. The normalized spacial score (nSPS) is 18.4. The molecule has 80 valence electrons. The van der Waals surface area contributed by atoms with Crippen molar-refractivity contribution in [1.29, 1.82) is 0 Å². The third-order valence-corrected chi connectivity index (χ3v) is 2.93. The van der Waals surface area contributed by atoms with Crippen LogP contribution in [-0.2, 0) is 4.79 Å².